The largest absolute Gasteiger partial charge is 0.456 e. The van der Waals surface area contributed by atoms with Crippen LogP contribution < -0.4 is 0 Å². The number of halogens is 1. The molecule has 0 aliphatic carbocycles. The van der Waals surface area contributed by atoms with Gasteiger partial charge in [0, 0.05) is 17.8 Å². The number of carbonyl (C=O) groups is 1. The van der Waals surface area contributed by atoms with Crippen LogP contribution in [0.15, 0.2) is 12.2 Å². The highest BCUT2D eigenvalue weighted by Crippen LogP contribution is 2.38. The van der Waals surface area contributed by atoms with Gasteiger partial charge in [-0.3, -0.25) is 0 Å². The molecule has 0 aromatic heterocycles. The fraction of sp³-hybridized carbons (Fsp3) is 0.786. The molecule has 0 fully saturated rings. The van der Waals surface area contributed by atoms with E-state index >= 15 is 0 Å². The zero-order chi connectivity index (χ0) is 14.7. The minimum Gasteiger partial charge on any atom is -0.456 e. The Kier molecular flexibility index (Phi) is 5.83. The van der Waals surface area contributed by atoms with E-state index in [2.05, 4.69) is 49.8 Å². The van der Waals surface area contributed by atoms with Crippen molar-refractivity contribution in [3.05, 3.63) is 12.2 Å². The molecule has 0 unspecified atom stereocenters. The molecule has 0 radical (unpaired) electrons. The van der Waals surface area contributed by atoms with Gasteiger partial charge in [0.2, 0.25) is 0 Å². The quantitative estimate of drug-likeness (QED) is 0.427. The van der Waals surface area contributed by atoms with Gasteiger partial charge in [0.1, 0.15) is 6.10 Å². The number of esters is 1. The predicted molar refractivity (Wildman–Crippen MR) is 84.1 cm³/mol. The molecule has 1 aliphatic rings. The van der Waals surface area contributed by atoms with Crippen LogP contribution in [0.3, 0.4) is 0 Å². The molecule has 5 heteroatoms. The second kappa shape index (κ2) is 6.55. The summed E-state index contributed by atoms with van der Waals surface area (Å²) in [7, 11) is -1.85. The van der Waals surface area contributed by atoms with Crippen molar-refractivity contribution in [2.75, 3.05) is 5.33 Å². The Morgan fingerprint density at radius 3 is 2.63 bits per heavy atom. The van der Waals surface area contributed by atoms with Crippen molar-refractivity contribution in [2.45, 2.75) is 64.0 Å². The van der Waals surface area contributed by atoms with E-state index in [1.165, 1.54) is 6.08 Å². The molecule has 0 aromatic carbocycles. The van der Waals surface area contributed by atoms with Crippen LogP contribution in [0.25, 0.3) is 0 Å². The SMILES string of the molecule is CC(C)(C)[Si](C)(C)O[C@H](CCBr)[C@H]1CC=CC(=O)O1. The number of alkyl halides is 1. The molecule has 2 atom stereocenters. The first kappa shape index (κ1) is 16.9. The van der Waals surface area contributed by atoms with Gasteiger partial charge in [0.15, 0.2) is 8.32 Å². The van der Waals surface area contributed by atoms with Crippen LogP contribution in [0.4, 0.5) is 0 Å². The molecule has 0 bridgehead atoms. The van der Waals surface area contributed by atoms with E-state index in [1.54, 1.807) is 0 Å². The molecular formula is C14H25BrO3Si. The zero-order valence-corrected chi connectivity index (χ0v) is 15.1. The third-order valence-electron chi connectivity index (χ3n) is 3.95. The van der Waals surface area contributed by atoms with Crippen molar-refractivity contribution in [3.63, 3.8) is 0 Å². The third-order valence-corrected chi connectivity index (χ3v) is 8.91. The Morgan fingerprint density at radius 1 is 1.53 bits per heavy atom. The Bertz CT molecular complexity index is 347. The van der Waals surface area contributed by atoms with Crippen LogP contribution in [0.5, 0.6) is 0 Å². The van der Waals surface area contributed by atoms with E-state index in [-0.39, 0.29) is 23.2 Å². The van der Waals surface area contributed by atoms with Gasteiger partial charge in [-0.05, 0) is 24.6 Å². The summed E-state index contributed by atoms with van der Waals surface area (Å²) in [4.78, 5) is 11.4. The highest BCUT2D eigenvalue weighted by Gasteiger charge is 2.41. The number of ether oxygens (including phenoxy) is 1. The van der Waals surface area contributed by atoms with Gasteiger partial charge in [-0.15, -0.1) is 0 Å². The molecule has 1 heterocycles. The summed E-state index contributed by atoms with van der Waals surface area (Å²) in [6.45, 7) is 11.1. The summed E-state index contributed by atoms with van der Waals surface area (Å²) in [5, 5.41) is 1.01. The molecule has 110 valence electrons. The van der Waals surface area contributed by atoms with E-state index < -0.39 is 8.32 Å². The van der Waals surface area contributed by atoms with E-state index in [0.717, 1.165) is 18.2 Å². The zero-order valence-electron chi connectivity index (χ0n) is 12.5. The maximum absolute atomic E-state index is 11.4. The lowest BCUT2D eigenvalue weighted by molar-refractivity contribution is -0.149. The minimum absolute atomic E-state index is 0.0193. The van der Waals surface area contributed by atoms with Gasteiger partial charge in [-0.1, -0.05) is 42.8 Å². The van der Waals surface area contributed by atoms with Crippen molar-refractivity contribution in [2.24, 2.45) is 0 Å². The molecule has 0 N–H and O–H groups in total. The topological polar surface area (TPSA) is 35.5 Å². The standard InChI is InChI=1S/C14H25BrO3Si/c1-14(2,3)19(4,5)18-12(9-10-15)11-7-6-8-13(16)17-11/h6,8,11-12H,7,9-10H2,1-5H3/t11-,12-/m1/s1. The van der Waals surface area contributed by atoms with E-state index in [1.807, 2.05) is 6.08 Å². The van der Waals surface area contributed by atoms with Gasteiger partial charge >= 0.3 is 5.97 Å². The van der Waals surface area contributed by atoms with Crippen molar-refractivity contribution in [3.8, 4) is 0 Å². The van der Waals surface area contributed by atoms with Crippen LogP contribution in [0, 0.1) is 0 Å². The Morgan fingerprint density at radius 2 is 2.16 bits per heavy atom. The number of carbonyl (C=O) groups excluding carboxylic acids is 1. The maximum atomic E-state index is 11.4. The minimum atomic E-state index is -1.85. The highest BCUT2D eigenvalue weighted by molar-refractivity contribution is 9.09. The summed E-state index contributed by atoms with van der Waals surface area (Å²) in [6.07, 6.45) is 4.82. The average molecular weight is 349 g/mol. The molecule has 0 saturated heterocycles. The normalized spacial score (nSPS) is 22.2. The second-order valence-electron chi connectivity index (χ2n) is 6.51. The summed E-state index contributed by atoms with van der Waals surface area (Å²) in [5.41, 5.74) is 0. The van der Waals surface area contributed by atoms with Crippen LogP contribution in [0.2, 0.25) is 18.1 Å². The first-order chi connectivity index (χ1) is 8.67. The average Bonchev–Trinajstić information content (AvgIpc) is 2.26. The Labute approximate surface area is 126 Å². The summed E-state index contributed by atoms with van der Waals surface area (Å²) < 4.78 is 11.8. The molecule has 0 spiro atoms. The van der Waals surface area contributed by atoms with Crippen LogP contribution in [-0.4, -0.2) is 31.8 Å². The Hall–Kier alpha value is -0.133. The fourth-order valence-corrected chi connectivity index (χ4v) is 3.58. The summed E-state index contributed by atoms with van der Waals surface area (Å²) in [6, 6.07) is 0. The number of cyclic esters (lactones) is 1. The molecule has 3 nitrogen and oxygen atoms in total. The van der Waals surface area contributed by atoms with Crippen molar-refractivity contribution in [1.82, 2.24) is 0 Å². The first-order valence-corrected chi connectivity index (χ1v) is 10.8. The monoisotopic (exact) mass is 348 g/mol. The lowest BCUT2D eigenvalue weighted by Crippen LogP contribution is -2.48. The molecule has 0 saturated carbocycles. The van der Waals surface area contributed by atoms with E-state index in [4.69, 9.17) is 9.16 Å². The smallest absolute Gasteiger partial charge is 0.330 e. The van der Waals surface area contributed by atoms with Gasteiger partial charge in [0.05, 0.1) is 6.10 Å². The van der Waals surface area contributed by atoms with Crippen LogP contribution in [0.1, 0.15) is 33.6 Å². The molecule has 19 heavy (non-hydrogen) atoms. The summed E-state index contributed by atoms with van der Waals surface area (Å²) in [5.74, 6) is -0.255. The van der Waals surface area contributed by atoms with Crippen molar-refractivity contribution >= 4 is 30.2 Å². The second-order valence-corrected chi connectivity index (χ2v) is 12.1. The number of rotatable bonds is 5. The van der Waals surface area contributed by atoms with E-state index in [0.29, 0.717) is 0 Å². The van der Waals surface area contributed by atoms with Crippen LogP contribution >= 0.6 is 15.9 Å². The summed E-state index contributed by atoms with van der Waals surface area (Å²) >= 11 is 3.47. The number of hydrogen-bond acceptors (Lipinski definition) is 3. The molecule has 0 aromatic rings. The lowest BCUT2D eigenvalue weighted by Gasteiger charge is -2.41. The van der Waals surface area contributed by atoms with Crippen LogP contribution in [-0.2, 0) is 14.0 Å². The van der Waals surface area contributed by atoms with Gasteiger partial charge in [-0.2, -0.15) is 0 Å². The van der Waals surface area contributed by atoms with Gasteiger partial charge < -0.3 is 9.16 Å². The Balaban J connectivity index is 2.78. The fourth-order valence-electron chi connectivity index (χ4n) is 1.75. The third kappa shape index (κ3) is 4.72. The maximum Gasteiger partial charge on any atom is 0.330 e. The highest BCUT2D eigenvalue weighted by atomic mass is 79.9. The van der Waals surface area contributed by atoms with Crippen molar-refractivity contribution in [1.29, 1.82) is 0 Å². The number of hydrogen-bond donors (Lipinski definition) is 0. The van der Waals surface area contributed by atoms with Gasteiger partial charge in [0.25, 0.3) is 0 Å². The molecule has 1 aliphatic heterocycles. The molecule has 1 rings (SSSR count). The predicted octanol–water partition coefficient (Wildman–Crippen LogP) is 4.03. The van der Waals surface area contributed by atoms with Crippen molar-refractivity contribution < 1.29 is 14.0 Å². The van der Waals surface area contributed by atoms with E-state index in [9.17, 15) is 4.79 Å². The molecule has 0 amide bonds. The van der Waals surface area contributed by atoms with Gasteiger partial charge in [-0.25, -0.2) is 4.79 Å². The lowest BCUT2D eigenvalue weighted by atomic mass is 10.1. The molecular weight excluding hydrogens is 324 g/mol. The first-order valence-electron chi connectivity index (χ1n) is 6.78.